The summed E-state index contributed by atoms with van der Waals surface area (Å²) < 4.78 is 45.0. The number of methoxy groups -OCH3 is 1. The number of carbonyl (C=O) groups excluding carboxylic acids is 1. The Hall–Kier alpha value is -3.62. The summed E-state index contributed by atoms with van der Waals surface area (Å²) in [5, 5.41) is 2.08. The molecule has 0 atom stereocenters. The van der Waals surface area contributed by atoms with Gasteiger partial charge >= 0.3 is 5.69 Å². The summed E-state index contributed by atoms with van der Waals surface area (Å²) >= 11 is 0. The molecule has 3 rings (SSSR count). The van der Waals surface area contributed by atoms with Gasteiger partial charge in [-0.15, -0.1) is 0 Å². The van der Waals surface area contributed by atoms with E-state index in [-0.39, 0.29) is 11.4 Å². The van der Waals surface area contributed by atoms with Crippen molar-refractivity contribution in [3.63, 3.8) is 0 Å². The Kier molecular flexibility index (Phi) is 4.93. The van der Waals surface area contributed by atoms with Gasteiger partial charge in [0.15, 0.2) is 17.5 Å². The lowest BCUT2D eigenvalue weighted by molar-refractivity contribution is 0.102. The molecular formula is C18H12F3N3O3. The maximum absolute atomic E-state index is 13.7. The molecule has 0 aliphatic rings. The van der Waals surface area contributed by atoms with Gasteiger partial charge in [0, 0.05) is 5.56 Å². The molecule has 6 nitrogen and oxygen atoms in total. The van der Waals surface area contributed by atoms with Crippen LogP contribution in [0.25, 0.3) is 11.3 Å². The number of amides is 1. The average Bonchev–Trinajstić information content (AvgIpc) is 2.68. The van der Waals surface area contributed by atoms with Crippen molar-refractivity contribution in [1.82, 2.24) is 9.97 Å². The second-order valence-electron chi connectivity index (χ2n) is 5.39. The van der Waals surface area contributed by atoms with Crippen molar-refractivity contribution in [2.24, 2.45) is 0 Å². The highest BCUT2D eigenvalue weighted by molar-refractivity contribution is 6.03. The van der Waals surface area contributed by atoms with Crippen molar-refractivity contribution >= 4 is 11.6 Å². The molecule has 3 aromatic rings. The van der Waals surface area contributed by atoms with E-state index in [1.54, 1.807) is 24.3 Å². The van der Waals surface area contributed by atoms with Crippen molar-refractivity contribution in [1.29, 1.82) is 0 Å². The van der Waals surface area contributed by atoms with Crippen molar-refractivity contribution < 1.29 is 22.7 Å². The molecule has 0 aliphatic carbocycles. The van der Waals surface area contributed by atoms with Gasteiger partial charge in [-0.1, -0.05) is 0 Å². The fourth-order valence-electron chi connectivity index (χ4n) is 2.30. The first-order valence-corrected chi connectivity index (χ1v) is 7.59. The second kappa shape index (κ2) is 7.32. The Labute approximate surface area is 150 Å². The molecule has 0 fully saturated rings. The zero-order chi connectivity index (χ0) is 19.6. The van der Waals surface area contributed by atoms with E-state index < -0.39 is 34.7 Å². The van der Waals surface area contributed by atoms with Crippen molar-refractivity contribution in [3.8, 4) is 17.0 Å². The largest absolute Gasteiger partial charge is 0.497 e. The third kappa shape index (κ3) is 3.81. The second-order valence-corrected chi connectivity index (χ2v) is 5.39. The molecule has 0 saturated carbocycles. The maximum atomic E-state index is 13.7. The molecule has 138 valence electrons. The van der Waals surface area contributed by atoms with Crippen LogP contribution in [0.4, 0.5) is 18.9 Å². The first-order valence-electron chi connectivity index (χ1n) is 7.59. The Balaban J connectivity index is 1.92. The van der Waals surface area contributed by atoms with Crippen molar-refractivity contribution in [3.05, 3.63) is 76.1 Å². The van der Waals surface area contributed by atoms with Gasteiger partial charge in [-0.3, -0.25) is 4.79 Å². The number of nitrogens with one attached hydrogen (secondary N) is 2. The Bertz CT molecular complexity index is 1070. The lowest BCUT2D eigenvalue weighted by atomic mass is 10.1. The SMILES string of the molecule is COc1ccc(-c2cc(C(=O)Nc3ccc(F)c(F)c3F)[nH]c(=O)n2)cc1. The molecule has 2 aromatic carbocycles. The molecule has 0 spiro atoms. The van der Waals surface area contributed by atoms with Crippen LogP contribution in [0, 0.1) is 17.5 Å². The van der Waals surface area contributed by atoms with Crippen LogP contribution in [0.5, 0.6) is 5.75 Å². The summed E-state index contributed by atoms with van der Waals surface area (Å²) in [6.07, 6.45) is 0. The normalized spacial score (nSPS) is 10.5. The number of nitrogens with zero attached hydrogens (tertiary/aromatic N) is 1. The van der Waals surface area contributed by atoms with Crippen molar-refractivity contribution in [2.45, 2.75) is 0 Å². The number of rotatable bonds is 4. The van der Waals surface area contributed by atoms with Crippen LogP contribution in [-0.2, 0) is 0 Å². The number of aromatic nitrogens is 2. The predicted molar refractivity (Wildman–Crippen MR) is 91.1 cm³/mol. The number of ether oxygens (including phenoxy) is 1. The molecule has 27 heavy (non-hydrogen) atoms. The monoisotopic (exact) mass is 375 g/mol. The van der Waals surface area contributed by atoms with Gasteiger partial charge in [0.2, 0.25) is 0 Å². The number of hydrogen-bond acceptors (Lipinski definition) is 4. The number of anilines is 1. The van der Waals surface area contributed by atoms with Crippen LogP contribution in [-0.4, -0.2) is 23.0 Å². The minimum absolute atomic E-state index is 0.192. The Morgan fingerprint density at radius 3 is 2.44 bits per heavy atom. The third-order valence-corrected chi connectivity index (χ3v) is 3.66. The molecule has 0 saturated heterocycles. The van der Waals surface area contributed by atoms with Crippen LogP contribution in [0.3, 0.4) is 0 Å². The first-order chi connectivity index (χ1) is 12.9. The average molecular weight is 375 g/mol. The molecule has 0 bridgehead atoms. The van der Waals surface area contributed by atoms with E-state index in [1.165, 1.54) is 13.2 Å². The van der Waals surface area contributed by atoms with Gasteiger partial charge in [-0.25, -0.2) is 18.0 Å². The zero-order valence-electron chi connectivity index (χ0n) is 13.8. The van der Waals surface area contributed by atoms with Crippen LogP contribution in [0.2, 0.25) is 0 Å². The smallest absolute Gasteiger partial charge is 0.346 e. The van der Waals surface area contributed by atoms with E-state index in [1.807, 2.05) is 0 Å². The van der Waals surface area contributed by atoms with Crippen LogP contribution >= 0.6 is 0 Å². The Morgan fingerprint density at radius 1 is 1.07 bits per heavy atom. The number of aromatic amines is 1. The van der Waals surface area contributed by atoms with E-state index in [4.69, 9.17) is 4.74 Å². The van der Waals surface area contributed by atoms with Gasteiger partial charge in [-0.05, 0) is 42.5 Å². The van der Waals surface area contributed by atoms with E-state index in [9.17, 15) is 22.8 Å². The topological polar surface area (TPSA) is 84.1 Å². The summed E-state index contributed by atoms with van der Waals surface area (Å²) in [4.78, 5) is 30.1. The fourth-order valence-corrected chi connectivity index (χ4v) is 2.30. The van der Waals surface area contributed by atoms with Gasteiger partial charge in [-0.2, -0.15) is 4.98 Å². The van der Waals surface area contributed by atoms with E-state index >= 15 is 0 Å². The number of hydrogen-bond donors (Lipinski definition) is 2. The summed E-state index contributed by atoms with van der Waals surface area (Å²) in [7, 11) is 1.50. The first kappa shape index (κ1) is 18.2. The third-order valence-electron chi connectivity index (χ3n) is 3.66. The summed E-state index contributed by atoms with van der Waals surface area (Å²) in [6, 6.07) is 9.38. The minimum Gasteiger partial charge on any atom is -0.497 e. The van der Waals surface area contributed by atoms with Crippen LogP contribution in [0.1, 0.15) is 10.5 Å². The Morgan fingerprint density at radius 2 is 1.78 bits per heavy atom. The molecule has 0 aliphatic heterocycles. The van der Waals surface area contributed by atoms with Gasteiger partial charge in [0.1, 0.15) is 11.4 Å². The molecular weight excluding hydrogens is 363 g/mol. The molecule has 1 amide bonds. The molecule has 0 radical (unpaired) electrons. The standard InChI is InChI=1S/C18H12F3N3O3/c1-27-10-4-2-9(3-5-10)13-8-14(24-18(26)23-13)17(25)22-12-7-6-11(19)15(20)16(12)21/h2-8H,1H3,(H,22,25)(H,23,24,26). The van der Waals surface area contributed by atoms with E-state index in [0.717, 1.165) is 6.07 Å². The molecule has 1 aromatic heterocycles. The van der Waals surface area contributed by atoms with Crippen molar-refractivity contribution in [2.75, 3.05) is 12.4 Å². The number of H-pyrrole nitrogens is 1. The number of carbonyl (C=O) groups is 1. The highest BCUT2D eigenvalue weighted by atomic mass is 19.2. The number of benzene rings is 2. The lowest BCUT2D eigenvalue weighted by Gasteiger charge is -2.08. The van der Waals surface area contributed by atoms with Gasteiger partial charge in [0.05, 0.1) is 18.5 Å². The fraction of sp³-hybridized carbons (Fsp3) is 0.0556. The van der Waals surface area contributed by atoms with Gasteiger partial charge in [0.25, 0.3) is 5.91 Å². The van der Waals surface area contributed by atoms with Crippen LogP contribution < -0.4 is 15.7 Å². The molecule has 1 heterocycles. The van der Waals surface area contributed by atoms with E-state index in [2.05, 4.69) is 15.3 Å². The quantitative estimate of drug-likeness (QED) is 0.687. The zero-order valence-corrected chi connectivity index (χ0v) is 13.8. The lowest BCUT2D eigenvalue weighted by Crippen LogP contribution is -2.21. The predicted octanol–water partition coefficient (Wildman–Crippen LogP) is 3.12. The molecule has 9 heteroatoms. The molecule has 0 unspecified atom stereocenters. The summed E-state index contributed by atoms with van der Waals surface area (Å²) in [5.74, 6) is -4.97. The van der Waals surface area contributed by atoms with Gasteiger partial charge < -0.3 is 15.0 Å². The highest BCUT2D eigenvalue weighted by Crippen LogP contribution is 2.22. The van der Waals surface area contributed by atoms with E-state index in [0.29, 0.717) is 17.4 Å². The maximum Gasteiger partial charge on any atom is 0.346 e. The minimum atomic E-state index is -1.71. The molecule has 2 N–H and O–H groups in total. The number of halogens is 3. The summed E-state index contributed by atoms with van der Waals surface area (Å²) in [5.41, 5.74) is -0.876. The highest BCUT2D eigenvalue weighted by Gasteiger charge is 2.17. The summed E-state index contributed by atoms with van der Waals surface area (Å²) in [6.45, 7) is 0. The van der Waals surface area contributed by atoms with Crippen LogP contribution in [0.15, 0.2) is 47.3 Å².